The van der Waals surface area contributed by atoms with Crippen LogP contribution in [0.1, 0.15) is 0 Å². The Kier molecular flexibility index (Phi) is 6.79. The predicted molar refractivity (Wildman–Crippen MR) is 220 cm³/mol. The van der Waals surface area contributed by atoms with E-state index in [2.05, 4.69) is 120 Å². The largest absolute Gasteiger partial charge is 0.456 e. The molecule has 0 N–H and O–H groups in total. The van der Waals surface area contributed by atoms with E-state index in [-0.39, 0.29) is 0 Å². The maximum Gasteiger partial charge on any atom is 0.228 e. The molecule has 0 saturated heterocycles. The number of hydrogen-bond acceptors (Lipinski definition) is 5. The van der Waals surface area contributed by atoms with E-state index in [1.807, 2.05) is 66.7 Å². The quantitative estimate of drug-likeness (QED) is 0.173. The van der Waals surface area contributed by atoms with Gasteiger partial charge in [-0.3, -0.25) is 0 Å². The van der Waals surface area contributed by atoms with E-state index in [0.717, 1.165) is 88.7 Å². The molecule has 0 amide bonds. The molecule has 0 unspecified atom stereocenters. The van der Waals surface area contributed by atoms with E-state index >= 15 is 0 Å². The van der Waals surface area contributed by atoms with E-state index in [9.17, 15) is 0 Å². The molecule has 5 nitrogen and oxygen atoms in total. The summed E-state index contributed by atoms with van der Waals surface area (Å²) in [5, 5.41) is 4.16. The topological polar surface area (TPSA) is 55.6 Å². The Morgan fingerprint density at radius 1 is 0.352 bits per heavy atom. The molecule has 0 radical (unpaired) electrons. The molecule has 11 aromatic rings. The molecule has 254 valence electrons. The van der Waals surface area contributed by atoms with Crippen molar-refractivity contribution in [3.8, 4) is 33.7 Å². The number of nitrogens with zero attached hydrogens (tertiary/aromatic N) is 2. The predicted octanol–water partition coefficient (Wildman–Crippen LogP) is 14.1. The first kappa shape index (κ1) is 30.3. The van der Waals surface area contributed by atoms with E-state index in [0.29, 0.717) is 5.89 Å². The summed E-state index contributed by atoms with van der Waals surface area (Å²) in [7, 11) is 0. The zero-order valence-corrected chi connectivity index (χ0v) is 28.9. The van der Waals surface area contributed by atoms with Crippen molar-refractivity contribution in [2.24, 2.45) is 0 Å². The zero-order valence-electron chi connectivity index (χ0n) is 28.9. The van der Waals surface area contributed by atoms with Crippen molar-refractivity contribution < 1.29 is 13.3 Å². The van der Waals surface area contributed by atoms with Crippen LogP contribution in [0.25, 0.3) is 88.7 Å². The third-order valence-electron chi connectivity index (χ3n) is 10.3. The standard InChI is InChI=1S/C49H30N2O3/c1-2-10-31(11-3-1)33-12-8-13-34(28-33)32-20-22-35(23-21-32)51(36-24-26-39-38-14-4-6-17-43(38)52-46(39)29-36)37-25-27-40-47(30-37)53-45-19-9-15-41(48(40)45)49-50-42-16-5-7-18-44(42)54-49/h1-30H. The fourth-order valence-electron chi connectivity index (χ4n) is 7.73. The van der Waals surface area contributed by atoms with Gasteiger partial charge in [0.25, 0.3) is 0 Å². The van der Waals surface area contributed by atoms with Gasteiger partial charge in [-0.15, -0.1) is 0 Å². The molecule has 8 aromatic carbocycles. The van der Waals surface area contributed by atoms with Gasteiger partial charge in [-0.1, -0.05) is 97.1 Å². The van der Waals surface area contributed by atoms with Crippen molar-refractivity contribution in [3.05, 3.63) is 182 Å². The Bertz CT molecular complexity index is 3140. The molecule has 0 bridgehead atoms. The van der Waals surface area contributed by atoms with Gasteiger partial charge in [0.2, 0.25) is 5.89 Å². The highest BCUT2D eigenvalue weighted by Crippen LogP contribution is 2.43. The van der Waals surface area contributed by atoms with E-state index in [1.165, 1.54) is 11.1 Å². The average Bonchev–Trinajstić information content (AvgIpc) is 3.94. The van der Waals surface area contributed by atoms with E-state index < -0.39 is 0 Å². The minimum atomic E-state index is 0.573. The Morgan fingerprint density at radius 2 is 0.926 bits per heavy atom. The fraction of sp³-hybridized carbons (Fsp3) is 0. The molecule has 54 heavy (non-hydrogen) atoms. The minimum absolute atomic E-state index is 0.573. The molecular formula is C49H30N2O3. The van der Waals surface area contributed by atoms with Crippen LogP contribution in [0.3, 0.4) is 0 Å². The summed E-state index contributed by atoms with van der Waals surface area (Å²) in [6, 6.07) is 62.8. The van der Waals surface area contributed by atoms with Gasteiger partial charge >= 0.3 is 0 Å². The zero-order chi connectivity index (χ0) is 35.6. The molecule has 5 heteroatoms. The van der Waals surface area contributed by atoms with Gasteiger partial charge in [0.15, 0.2) is 5.58 Å². The summed E-state index contributed by atoms with van der Waals surface area (Å²) < 4.78 is 19.2. The number of para-hydroxylation sites is 3. The fourth-order valence-corrected chi connectivity index (χ4v) is 7.73. The summed E-state index contributed by atoms with van der Waals surface area (Å²) in [4.78, 5) is 7.06. The molecule has 0 aliphatic heterocycles. The van der Waals surface area contributed by atoms with Crippen LogP contribution in [-0.4, -0.2) is 4.98 Å². The van der Waals surface area contributed by atoms with Gasteiger partial charge in [-0.05, 0) is 95.1 Å². The highest BCUT2D eigenvalue weighted by Gasteiger charge is 2.20. The molecule has 0 aliphatic rings. The van der Waals surface area contributed by atoms with Gasteiger partial charge in [0.05, 0.1) is 0 Å². The Balaban J connectivity index is 1.04. The number of benzene rings is 8. The first-order valence-corrected chi connectivity index (χ1v) is 18.0. The number of anilines is 3. The van der Waals surface area contributed by atoms with Crippen LogP contribution < -0.4 is 4.90 Å². The Morgan fingerprint density at radius 3 is 1.72 bits per heavy atom. The maximum absolute atomic E-state index is 6.57. The summed E-state index contributed by atoms with van der Waals surface area (Å²) in [5.74, 6) is 0.573. The Labute approximate surface area is 309 Å². The third kappa shape index (κ3) is 4.98. The van der Waals surface area contributed by atoms with Crippen molar-refractivity contribution in [1.29, 1.82) is 0 Å². The number of fused-ring (bicyclic) bond motifs is 7. The number of aromatic nitrogens is 1. The first-order valence-electron chi connectivity index (χ1n) is 18.0. The van der Waals surface area contributed by atoms with Crippen molar-refractivity contribution in [2.75, 3.05) is 4.90 Å². The second-order valence-electron chi connectivity index (χ2n) is 13.6. The van der Waals surface area contributed by atoms with Crippen molar-refractivity contribution >= 4 is 72.0 Å². The monoisotopic (exact) mass is 694 g/mol. The lowest BCUT2D eigenvalue weighted by Gasteiger charge is -2.25. The van der Waals surface area contributed by atoms with E-state index in [1.54, 1.807) is 0 Å². The van der Waals surface area contributed by atoms with Crippen LogP contribution in [0.15, 0.2) is 195 Å². The average molecular weight is 695 g/mol. The molecule has 0 fully saturated rings. The molecule has 3 aromatic heterocycles. The normalized spacial score (nSPS) is 11.7. The van der Waals surface area contributed by atoms with Crippen molar-refractivity contribution in [2.45, 2.75) is 0 Å². The SMILES string of the molecule is c1ccc(-c2cccc(-c3ccc(N(c4ccc5c(c4)oc4ccccc45)c4ccc5c(c4)oc4cccc(-c6nc7ccccc7o6)c45)cc3)c2)cc1. The van der Waals surface area contributed by atoms with E-state index in [4.69, 9.17) is 18.2 Å². The second-order valence-corrected chi connectivity index (χ2v) is 13.6. The Hall–Kier alpha value is -7.37. The maximum atomic E-state index is 6.57. The van der Waals surface area contributed by atoms with Crippen molar-refractivity contribution in [1.82, 2.24) is 4.98 Å². The summed E-state index contributed by atoms with van der Waals surface area (Å²) in [6.07, 6.45) is 0. The number of oxazole rings is 1. The third-order valence-corrected chi connectivity index (χ3v) is 10.3. The van der Waals surface area contributed by atoms with Gasteiger partial charge in [0, 0.05) is 56.3 Å². The molecule has 0 saturated carbocycles. The van der Waals surface area contributed by atoms with Crippen molar-refractivity contribution in [3.63, 3.8) is 0 Å². The number of furan rings is 2. The van der Waals surface area contributed by atoms with Gasteiger partial charge in [-0.25, -0.2) is 4.98 Å². The number of hydrogen-bond donors (Lipinski definition) is 0. The molecule has 3 heterocycles. The van der Waals surface area contributed by atoms with Crippen LogP contribution in [0.4, 0.5) is 17.1 Å². The summed E-state index contributed by atoms with van der Waals surface area (Å²) in [6.45, 7) is 0. The minimum Gasteiger partial charge on any atom is -0.456 e. The lowest BCUT2D eigenvalue weighted by molar-refractivity contribution is 0.620. The molecular weight excluding hydrogens is 665 g/mol. The molecule has 0 aliphatic carbocycles. The van der Waals surface area contributed by atoms with Crippen LogP contribution in [0, 0.1) is 0 Å². The van der Waals surface area contributed by atoms with Crippen LogP contribution in [-0.2, 0) is 0 Å². The number of rotatable bonds is 6. The second kappa shape index (κ2) is 12.1. The van der Waals surface area contributed by atoms with Gasteiger partial charge < -0.3 is 18.2 Å². The molecule has 11 rings (SSSR count). The van der Waals surface area contributed by atoms with Gasteiger partial charge in [0.1, 0.15) is 27.8 Å². The highest BCUT2D eigenvalue weighted by molar-refractivity contribution is 6.13. The smallest absolute Gasteiger partial charge is 0.228 e. The van der Waals surface area contributed by atoms with Crippen LogP contribution in [0.5, 0.6) is 0 Å². The molecule has 0 atom stereocenters. The summed E-state index contributed by atoms with van der Waals surface area (Å²) in [5.41, 5.74) is 13.4. The summed E-state index contributed by atoms with van der Waals surface area (Å²) >= 11 is 0. The lowest BCUT2D eigenvalue weighted by atomic mass is 9.99. The molecule has 0 spiro atoms. The highest BCUT2D eigenvalue weighted by atomic mass is 16.4. The first-order chi connectivity index (χ1) is 26.7. The van der Waals surface area contributed by atoms with Crippen LogP contribution >= 0.6 is 0 Å². The lowest BCUT2D eigenvalue weighted by Crippen LogP contribution is -2.09. The van der Waals surface area contributed by atoms with Crippen LogP contribution in [0.2, 0.25) is 0 Å². The van der Waals surface area contributed by atoms with Gasteiger partial charge in [-0.2, -0.15) is 0 Å².